The lowest BCUT2D eigenvalue weighted by atomic mass is 9.86. The predicted octanol–water partition coefficient (Wildman–Crippen LogP) is 3.97. The van der Waals surface area contributed by atoms with Crippen LogP contribution < -0.4 is 4.90 Å². The second-order valence-corrected chi connectivity index (χ2v) is 8.26. The van der Waals surface area contributed by atoms with Crippen LogP contribution in [0, 0.1) is 17.8 Å². The van der Waals surface area contributed by atoms with Crippen LogP contribution in [0.25, 0.3) is 0 Å². The number of amides is 1. The molecule has 2 saturated carbocycles. The number of hydrogen-bond donors (Lipinski definition) is 0. The van der Waals surface area contributed by atoms with Gasteiger partial charge >= 0.3 is 6.18 Å². The molecule has 1 aromatic rings. The Kier molecular flexibility index (Phi) is 5.03. The van der Waals surface area contributed by atoms with Crippen LogP contribution in [0.5, 0.6) is 0 Å². The second-order valence-electron chi connectivity index (χ2n) is 8.26. The molecule has 4 rings (SSSR count). The van der Waals surface area contributed by atoms with E-state index in [9.17, 15) is 18.0 Å². The Labute approximate surface area is 157 Å². The zero-order valence-electron chi connectivity index (χ0n) is 15.4. The van der Waals surface area contributed by atoms with Gasteiger partial charge in [-0.15, -0.1) is 0 Å². The molecule has 148 valence electrons. The molecule has 7 heteroatoms. The largest absolute Gasteiger partial charge is 0.417 e. The lowest BCUT2D eigenvalue weighted by Gasteiger charge is -2.26. The first-order valence-corrected chi connectivity index (χ1v) is 9.96. The molecule has 0 radical (unpaired) electrons. The van der Waals surface area contributed by atoms with E-state index >= 15 is 0 Å². The van der Waals surface area contributed by atoms with Crippen molar-refractivity contribution in [1.82, 2.24) is 9.88 Å². The van der Waals surface area contributed by atoms with Gasteiger partial charge in [0.25, 0.3) is 0 Å². The summed E-state index contributed by atoms with van der Waals surface area (Å²) >= 11 is 0. The normalized spacial score (nSPS) is 28.5. The number of carbonyl (C=O) groups excluding carboxylic acids is 1. The molecular formula is C20H26F3N3O. The van der Waals surface area contributed by atoms with Gasteiger partial charge in [0, 0.05) is 38.8 Å². The topological polar surface area (TPSA) is 36.4 Å². The first-order valence-electron chi connectivity index (χ1n) is 9.96. The summed E-state index contributed by atoms with van der Waals surface area (Å²) in [6, 6.07) is 2.50. The van der Waals surface area contributed by atoms with Crippen molar-refractivity contribution in [3.05, 3.63) is 23.9 Å². The van der Waals surface area contributed by atoms with Crippen molar-refractivity contribution < 1.29 is 18.0 Å². The van der Waals surface area contributed by atoms with Gasteiger partial charge < -0.3 is 9.80 Å². The van der Waals surface area contributed by atoms with Crippen molar-refractivity contribution >= 4 is 11.7 Å². The molecular weight excluding hydrogens is 355 g/mol. The van der Waals surface area contributed by atoms with Gasteiger partial charge in [0.15, 0.2) is 0 Å². The summed E-state index contributed by atoms with van der Waals surface area (Å²) in [4.78, 5) is 20.7. The van der Waals surface area contributed by atoms with Gasteiger partial charge in [-0.1, -0.05) is 6.42 Å². The van der Waals surface area contributed by atoms with Crippen LogP contribution in [0.2, 0.25) is 0 Å². The summed E-state index contributed by atoms with van der Waals surface area (Å²) in [5, 5.41) is 0. The number of nitrogens with zero attached hydrogens (tertiary/aromatic N) is 3. The Balaban J connectivity index is 1.32. The van der Waals surface area contributed by atoms with Gasteiger partial charge in [0.1, 0.15) is 5.82 Å². The molecule has 1 aromatic heterocycles. The molecule has 2 heterocycles. The molecule has 3 fully saturated rings. The number of halogens is 3. The van der Waals surface area contributed by atoms with Crippen molar-refractivity contribution in [2.24, 2.45) is 17.8 Å². The molecule has 3 aliphatic rings. The smallest absolute Gasteiger partial charge is 0.355 e. The zero-order chi connectivity index (χ0) is 19.0. The summed E-state index contributed by atoms with van der Waals surface area (Å²) in [7, 11) is 0. The number of carbonyl (C=O) groups is 1. The summed E-state index contributed by atoms with van der Waals surface area (Å²) in [5.41, 5.74) is -0.733. The Morgan fingerprint density at radius 1 is 1.11 bits per heavy atom. The van der Waals surface area contributed by atoms with Crippen molar-refractivity contribution in [3.8, 4) is 0 Å². The SMILES string of the molecule is O=C(C[C@@H]1C[C@H]2CC[C@H]1C2)N1CCCN(c2ccc(C(F)(F)F)cn2)CC1. The Morgan fingerprint density at radius 2 is 1.96 bits per heavy atom. The maximum atomic E-state index is 12.7. The standard InChI is InChI=1S/C20H26F3N3O/c21-20(22,23)17-4-5-18(24-13-17)25-6-1-7-26(9-8-25)19(27)12-16-11-14-2-3-15(16)10-14/h4-5,13-16H,1-3,6-12H2/t14-,15-,16-/m0/s1. The molecule has 1 saturated heterocycles. The van der Waals surface area contributed by atoms with Gasteiger partial charge in [0.05, 0.1) is 5.56 Å². The average molecular weight is 381 g/mol. The number of aromatic nitrogens is 1. The van der Waals surface area contributed by atoms with E-state index < -0.39 is 11.7 Å². The molecule has 0 spiro atoms. The number of fused-ring (bicyclic) bond motifs is 2. The Bertz CT molecular complexity index is 676. The van der Waals surface area contributed by atoms with Gasteiger partial charge in [-0.2, -0.15) is 13.2 Å². The third-order valence-electron chi connectivity index (χ3n) is 6.57. The molecule has 2 bridgehead atoms. The van der Waals surface area contributed by atoms with E-state index in [0.29, 0.717) is 37.8 Å². The fourth-order valence-electron chi connectivity index (χ4n) is 5.12. The third kappa shape index (κ3) is 4.06. The number of anilines is 1. The molecule has 2 aliphatic carbocycles. The van der Waals surface area contributed by atoms with E-state index in [0.717, 1.165) is 37.1 Å². The van der Waals surface area contributed by atoms with Crippen LogP contribution in [0.3, 0.4) is 0 Å². The van der Waals surface area contributed by atoms with Crippen molar-refractivity contribution in [1.29, 1.82) is 0 Å². The molecule has 27 heavy (non-hydrogen) atoms. The molecule has 0 aromatic carbocycles. The maximum Gasteiger partial charge on any atom is 0.417 e. The van der Waals surface area contributed by atoms with Crippen molar-refractivity contribution in [2.45, 2.75) is 44.7 Å². The zero-order valence-corrected chi connectivity index (χ0v) is 15.4. The highest BCUT2D eigenvalue weighted by molar-refractivity contribution is 5.76. The van der Waals surface area contributed by atoms with Gasteiger partial charge in [-0.25, -0.2) is 4.98 Å². The Hall–Kier alpha value is -1.79. The highest BCUT2D eigenvalue weighted by atomic mass is 19.4. The monoisotopic (exact) mass is 381 g/mol. The average Bonchev–Trinajstić information content (AvgIpc) is 3.16. The van der Waals surface area contributed by atoms with E-state index in [1.165, 1.54) is 31.7 Å². The number of hydrogen-bond acceptors (Lipinski definition) is 3. The summed E-state index contributed by atoms with van der Waals surface area (Å²) < 4.78 is 38.1. The molecule has 1 aliphatic heterocycles. The van der Waals surface area contributed by atoms with E-state index in [4.69, 9.17) is 0 Å². The van der Waals surface area contributed by atoms with Crippen LogP contribution in [0.1, 0.15) is 44.1 Å². The molecule has 3 atom stereocenters. The minimum Gasteiger partial charge on any atom is -0.355 e. The van der Waals surface area contributed by atoms with Crippen LogP contribution in [-0.2, 0) is 11.0 Å². The highest BCUT2D eigenvalue weighted by Crippen LogP contribution is 2.49. The summed E-state index contributed by atoms with van der Waals surface area (Å²) in [6.07, 6.45) is 3.15. The van der Waals surface area contributed by atoms with Crippen molar-refractivity contribution in [3.63, 3.8) is 0 Å². The fraction of sp³-hybridized carbons (Fsp3) is 0.700. The second kappa shape index (κ2) is 7.32. The molecule has 0 unspecified atom stereocenters. The van der Waals surface area contributed by atoms with Gasteiger partial charge in [-0.05, 0) is 55.6 Å². The fourth-order valence-corrected chi connectivity index (χ4v) is 5.12. The quantitative estimate of drug-likeness (QED) is 0.795. The lowest BCUT2D eigenvalue weighted by Crippen LogP contribution is -2.36. The minimum absolute atomic E-state index is 0.245. The third-order valence-corrected chi connectivity index (χ3v) is 6.57. The number of alkyl halides is 3. The van der Waals surface area contributed by atoms with Crippen LogP contribution in [0.4, 0.5) is 19.0 Å². The Morgan fingerprint density at radius 3 is 2.59 bits per heavy atom. The lowest BCUT2D eigenvalue weighted by molar-refractivity contribution is -0.137. The summed E-state index contributed by atoms with van der Waals surface area (Å²) in [6.45, 7) is 2.65. The predicted molar refractivity (Wildman–Crippen MR) is 96.2 cm³/mol. The first kappa shape index (κ1) is 18.6. The molecule has 4 nitrogen and oxygen atoms in total. The van der Waals surface area contributed by atoms with E-state index in [1.807, 2.05) is 9.80 Å². The molecule has 0 N–H and O–H groups in total. The number of rotatable bonds is 3. The first-order chi connectivity index (χ1) is 12.9. The minimum atomic E-state index is -4.37. The maximum absolute atomic E-state index is 12.7. The van der Waals surface area contributed by atoms with E-state index in [-0.39, 0.29) is 5.91 Å². The van der Waals surface area contributed by atoms with Crippen molar-refractivity contribution in [2.75, 3.05) is 31.1 Å². The number of pyridine rings is 1. The van der Waals surface area contributed by atoms with Gasteiger partial charge in [0.2, 0.25) is 5.91 Å². The summed E-state index contributed by atoms with van der Waals surface area (Å²) in [5.74, 6) is 2.95. The molecule has 1 amide bonds. The van der Waals surface area contributed by atoms with Crippen LogP contribution in [-0.4, -0.2) is 42.0 Å². The van der Waals surface area contributed by atoms with E-state index in [1.54, 1.807) is 0 Å². The van der Waals surface area contributed by atoms with Gasteiger partial charge in [-0.3, -0.25) is 4.79 Å². The van der Waals surface area contributed by atoms with E-state index in [2.05, 4.69) is 4.98 Å². The highest BCUT2D eigenvalue weighted by Gasteiger charge is 2.40. The van der Waals surface area contributed by atoms with Crippen LogP contribution in [0.15, 0.2) is 18.3 Å². The van der Waals surface area contributed by atoms with Crippen LogP contribution >= 0.6 is 0 Å².